The van der Waals surface area contributed by atoms with Crippen LogP contribution in [0.4, 0.5) is 0 Å². The van der Waals surface area contributed by atoms with Crippen LogP contribution < -0.4 is 5.32 Å². The number of amides is 1. The molecule has 1 aromatic carbocycles. The molecule has 110 valence electrons. The summed E-state index contributed by atoms with van der Waals surface area (Å²) < 4.78 is 0. The van der Waals surface area contributed by atoms with Crippen LogP contribution in [-0.2, 0) is 11.2 Å². The summed E-state index contributed by atoms with van der Waals surface area (Å²) in [5.74, 6) is 0.642. The van der Waals surface area contributed by atoms with Crippen LogP contribution in [0.5, 0.6) is 0 Å². The smallest absolute Gasteiger partial charge is 0.233 e. The summed E-state index contributed by atoms with van der Waals surface area (Å²) in [4.78, 5) is 14.5. The number of nitrogens with zero attached hydrogens (tertiary/aromatic N) is 1. The van der Waals surface area contributed by atoms with E-state index in [1.54, 1.807) is 0 Å². The molecule has 2 rings (SSSR count). The maximum absolute atomic E-state index is 12.1. The number of thiol groups is 1. The molecule has 3 nitrogen and oxygen atoms in total. The highest BCUT2D eigenvalue weighted by molar-refractivity contribution is 7.81. The van der Waals surface area contributed by atoms with Crippen LogP contribution in [0.15, 0.2) is 30.3 Å². The topological polar surface area (TPSA) is 32.3 Å². The first-order valence-corrected chi connectivity index (χ1v) is 7.92. The molecular weight excluding hydrogens is 268 g/mol. The van der Waals surface area contributed by atoms with Crippen molar-refractivity contribution < 1.29 is 4.79 Å². The quantitative estimate of drug-likeness (QED) is 0.786. The number of rotatable bonds is 6. The maximum Gasteiger partial charge on any atom is 0.233 e. The van der Waals surface area contributed by atoms with Gasteiger partial charge in [-0.2, -0.15) is 12.6 Å². The maximum atomic E-state index is 12.1. The van der Waals surface area contributed by atoms with Crippen LogP contribution in [0.1, 0.15) is 18.9 Å². The van der Waals surface area contributed by atoms with Gasteiger partial charge in [-0.1, -0.05) is 37.3 Å². The van der Waals surface area contributed by atoms with Crippen LogP contribution in [0.2, 0.25) is 0 Å². The Bertz CT molecular complexity index is 424. The van der Waals surface area contributed by atoms with Gasteiger partial charge >= 0.3 is 0 Å². The molecule has 1 saturated heterocycles. The average Bonchev–Trinajstić information content (AvgIpc) is 2.93. The molecule has 1 aromatic rings. The van der Waals surface area contributed by atoms with Crippen molar-refractivity contribution in [2.45, 2.75) is 25.0 Å². The van der Waals surface area contributed by atoms with Crippen LogP contribution in [-0.4, -0.2) is 42.2 Å². The Morgan fingerprint density at radius 2 is 2.20 bits per heavy atom. The van der Waals surface area contributed by atoms with E-state index in [2.05, 4.69) is 29.8 Å². The molecule has 0 bridgehead atoms. The first-order chi connectivity index (χ1) is 9.69. The number of hydrogen-bond acceptors (Lipinski definition) is 3. The van der Waals surface area contributed by atoms with Gasteiger partial charge in [0, 0.05) is 13.1 Å². The number of carbonyl (C=O) groups is 1. The minimum atomic E-state index is -0.263. The number of hydrogen-bond donors (Lipinski definition) is 2. The first kappa shape index (κ1) is 15.4. The van der Waals surface area contributed by atoms with Crippen molar-refractivity contribution in [3.8, 4) is 0 Å². The third-order valence-corrected chi connectivity index (χ3v) is 4.37. The predicted molar refractivity (Wildman–Crippen MR) is 86.2 cm³/mol. The standard InChI is InChI=1S/C16H24N2OS/c1-2-18-9-8-14(12-18)11-17-16(19)15(20)10-13-6-4-3-5-7-13/h3-7,14-15,20H,2,8-12H2,1H3,(H,17,19). The minimum Gasteiger partial charge on any atom is -0.355 e. The van der Waals surface area contributed by atoms with Crippen molar-refractivity contribution in [3.05, 3.63) is 35.9 Å². The predicted octanol–water partition coefficient (Wildman–Crippen LogP) is 1.99. The highest BCUT2D eigenvalue weighted by atomic mass is 32.1. The minimum absolute atomic E-state index is 0.0483. The van der Waals surface area contributed by atoms with Gasteiger partial charge in [0.2, 0.25) is 5.91 Å². The van der Waals surface area contributed by atoms with Gasteiger partial charge in [0.15, 0.2) is 0 Å². The van der Waals surface area contributed by atoms with Gasteiger partial charge in [-0.15, -0.1) is 0 Å². The Morgan fingerprint density at radius 1 is 1.45 bits per heavy atom. The number of benzene rings is 1. The molecule has 2 unspecified atom stereocenters. The zero-order valence-electron chi connectivity index (χ0n) is 12.1. The van der Waals surface area contributed by atoms with Gasteiger partial charge in [-0.05, 0) is 37.4 Å². The van der Waals surface area contributed by atoms with Crippen LogP contribution in [0.25, 0.3) is 0 Å². The van der Waals surface area contributed by atoms with Crippen LogP contribution in [0.3, 0.4) is 0 Å². The second-order valence-electron chi connectivity index (χ2n) is 5.50. The molecule has 0 radical (unpaired) electrons. The Hall–Kier alpha value is -1.00. The summed E-state index contributed by atoms with van der Waals surface area (Å²) in [6, 6.07) is 10.0. The van der Waals surface area contributed by atoms with E-state index in [1.165, 1.54) is 6.42 Å². The van der Waals surface area contributed by atoms with Crippen molar-refractivity contribution in [3.63, 3.8) is 0 Å². The molecule has 4 heteroatoms. The highest BCUT2D eigenvalue weighted by Crippen LogP contribution is 2.15. The zero-order valence-corrected chi connectivity index (χ0v) is 13.0. The van der Waals surface area contributed by atoms with Crippen molar-refractivity contribution in [1.82, 2.24) is 10.2 Å². The molecule has 0 saturated carbocycles. The first-order valence-electron chi connectivity index (χ1n) is 7.41. The van der Waals surface area contributed by atoms with E-state index in [1.807, 2.05) is 30.3 Å². The molecule has 0 aromatic heterocycles. The second-order valence-corrected chi connectivity index (χ2v) is 6.12. The van der Waals surface area contributed by atoms with Crippen molar-refractivity contribution in [2.24, 2.45) is 5.92 Å². The summed E-state index contributed by atoms with van der Waals surface area (Å²) in [7, 11) is 0. The second kappa shape index (κ2) is 7.70. The summed E-state index contributed by atoms with van der Waals surface area (Å²) >= 11 is 4.43. The molecule has 20 heavy (non-hydrogen) atoms. The molecule has 1 aliphatic rings. The summed E-state index contributed by atoms with van der Waals surface area (Å²) in [6.45, 7) is 6.33. The lowest BCUT2D eigenvalue weighted by Gasteiger charge is -2.16. The summed E-state index contributed by atoms with van der Waals surface area (Å²) in [5, 5.41) is 2.78. The molecule has 2 atom stereocenters. The average molecular weight is 292 g/mol. The van der Waals surface area contributed by atoms with Crippen molar-refractivity contribution in [1.29, 1.82) is 0 Å². The van der Waals surface area contributed by atoms with E-state index in [4.69, 9.17) is 0 Å². The molecule has 1 N–H and O–H groups in total. The van der Waals surface area contributed by atoms with E-state index in [0.29, 0.717) is 12.3 Å². The van der Waals surface area contributed by atoms with Crippen LogP contribution in [0, 0.1) is 5.92 Å². The van der Waals surface area contributed by atoms with Crippen molar-refractivity contribution in [2.75, 3.05) is 26.2 Å². The van der Waals surface area contributed by atoms with Gasteiger partial charge in [0.05, 0.1) is 5.25 Å². The largest absolute Gasteiger partial charge is 0.355 e. The number of carbonyl (C=O) groups excluding carboxylic acids is 1. The van der Waals surface area contributed by atoms with Crippen LogP contribution >= 0.6 is 12.6 Å². The van der Waals surface area contributed by atoms with E-state index in [-0.39, 0.29) is 11.2 Å². The van der Waals surface area contributed by atoms with Gasteiger partial charge in [-0.3, -0.25) is 4.79 Å². The van der Waals surface area contributed by atoms with E-state index in [0.717, 1.165) is 31.7 Å². The Morgan fingerprint density at radius 3 is 2.85 bits per heavy atom. The fourth-order valence-electron chi connectivity index (χ4n) is 2.66. The van der Waals surface area contributed by atoms with E-state index >= 15 is 0 Å². The number of nitrogens with one attached hydrogen (secondary N) is 1. The fourth-order valence-corrected chi connectivity index (χ4v) is 2.96. The molecule has 0 aliphatic carbocycles. The van der Waals surface area contributed by atoms with E-state index < -0.39 is 0 Å². The van der Waals surface area contributed by atoms with Gasteiger partial charge < -0.3 is 10.2 Å². The third kappa shape index (κ3) is 4.53. The lowest BCUT2D eigenvalue weighted by atomic mass is 10.1. The lowest BCUT2D eigenvalue weighted by Crippen LogP contribution is -2.36. The normalized spacial score (nSPS) is 20.8. The van der Waals surface area contributed by atoms with Crippen molar-refractivity contribution >= 4 is 18.5 Å². The molecule has 1 aliphatic heterocycles. The van der Waals surface area contributed by atoms with Gasteiger partial charge in [0.1, 0.15) is 0 Å². The molecule has 0 spiro atoms. The highest BCUT2D eigenvalue weighted by Gasteiger charge is 2.22. The van der Waals surface area contributed by atoms with E-state index in [9.17, 15) is 4.79 Å². The molecule has 1 amide bonds. The number of likely N-dealkylation sites (tertiary alicyclic amines) is 1. The zero-order chi connectivity index (χ0) is 14.4. The SMILES string of the molecule is CCN1CCC(CNC(=O)C(S)Cc2ccccc2)C1. The summed E-state index contributed by atoms with van der Waals surface area (Å²) in [5.41, 5.74) is 1.15. The molecule has 1 fully saturated rings. The Kier molecular flexibility index (Phi) is 5.92. The van der Waals surface area contributed by atoms with Gasteiger partial charge in [0.25, 0.3) is 0 Å². The fraction of sp³-hybridized carbons (Fsp3) is 0.562. The third-order valence-electron chi connectivity index (χ3n) is 3.96. The molecular formula is C16H24N2OS. The van der Waals surface area contributed by atoms with Gasteiger partial charge in [-0.25, -0.2) is 0 Å². The Labute approximate surface area is 127 Å². The summed E-state index contributed by atoms with van der Waals surface area (Å²) in [6.07, 6.45) is 1.87. The monoisotopic (exact) mass is 292 g/mol. The lowest BCUT2D eigenvalue weighted by molar-refractivity contribution is -0.120. The molecule has 1 heterocycles. The Balaban J connectivity index is 1.72.